The van der Waals surface area contributed by atoms with Crippen LogP contribution in [0.15, 0.2) is 28.8 Å². The Morgan fingerprint density at radius 3 is 2.65 bits per heavy atom. The number of carbonyl (C=O) groups excluding carboxylic acids is 1. The molecule has 0 radical (unpaired) electrons. The molecule has 8 heteroatoms. The van der Waals surface area contributed by atoms with E-state index in [1.165, 1.54) is 6.92 Å². The highest BCUT2D eigenvalue weighted by atomic mass is 16.5. The molecule has 0 bridgehead atoms. The van der Waals surface area contributed by atoms with Crippen molar-refractivity contribution in [3.63, 3.8) is 0 Å². The molecule has 1 N–H and O–H groups in total. The first-order valence-electron chi connectivity index (χ1n) is 8.50. The van der Waals surface area contributed by atoms with Gasteiger partial charge >= 0.3 is 5.97 Å². The van der Waals surface area contributed by atoms with E-state index in [0.717, 1.165) is 5.56 Å². The molecular weight excluding hydrogens is 338 g/mol. The van der Waals surface area contributed by atoms with Gasteiger partial charge in [-0.05, 0) is 31.9 Å². The molecule has 0 saturated carbocycles. The van der Waals surface area contributed by atoms with Crippen molar-refractivity contribution in [1.29, 1.82) is 0 Å². The third kappa shape index (κ3) is 3.54. The van der Waals surface area contributed by atoms with Gasteiger partial charge in [0, 0.05) is 19.0 Å². The van der Waals surface area contributed by atoms with Crippen molar-refractivity contribution in [3.05, 3.63) is 30.1 Å². The summed E-state index contributed by atoms with van der Waals surface area (Å²) in [5, 5.41) is 13.1. The number of nitrogens with zero attached hydrogens (tertiary/aromatic N) is 3. The Balaban J connectivity index is 1.67. The number of hydrogen-bond donors (Lipinski definition) is 1. The highest BCUT2D eigenvalue weighted by Gasteiger charge is 2.31. The summed E-state index contributed by atoms with van der Waals surface area (Å²) >= 11 is 0. The highest BCUT2D eigenvalue weighted by molar-refractivity contribution is 5.96. The number of para-hydroxylation sites is 1. The maximum atomic E-state index is 12.1. The lowest BCUT2D eigenvalue weighted by molar-refractivity contribution is -0.150. The van der Waals surface area contributed by atoms with Gasteiger partial charge in [-0.1, -0.05) is 17.3 Å². The predicted octanol–water partition coefficient (Wildman–Crippen LogP) is 2.17. The molecule has 2 heterocycles. The molecule has 3 rings (SSSR count). The molecule has 1 saturated heterocycles. The third-order valence-electron chi connectivity index (χ3n) is 4.69. The van der Waals surface area contributed by atoms with E-state index in [1.807, 2.05) is 24.3 Å². The van der Waals surface area contributed by atoms with E-state index in [1.54, 1.807) is 12.0 Å². The Morgan fingerprint density at radius 1 is 1.31 bits per heavy atom. The number of hydrogen-bond acceptors (Lipinski definition) is 6. The van der Waals surface area contributed by atoms with Crippen molar-refractivity contribution in [1.82, 2.24) is 15.0 Å². The number of rotatable bonds is 5. The molecule has 2 aromatic rings. The summed E-state index contributed by atoms with van der Waals surface area (Å²) in [7, 11) is 1.58. The molecule has 1 aromatic carbocycles. The first-order chi connectivity index (χ1) is 12.5. The van der Waals surface area contributed by atoms with Crippen molar-refractivity contribution >= 4 is 11.9 Å². The average Bonchev–Trinajstić information content (AvgIpc) is 3.16. The Kier molecular flexibility index (Phi) is 5.20. The standard InChI is InChI=1S/C18H21N3O5/c1-11(18(23)24)17(22)21-9-7-12(8-10-21)15-19-16(26-20-15)13-5-3-4-6-14(13)25-2/h3-6,11-12H,7-10H2,1-2H3,(H,23,24). The number of likely N-dealkylation sites (tertiary alicyclic amines) is 1. The van der Waals surface area contributed by atoms with Gasteiger partial charge in [0.25, 0.3) is 5.89 Å². The summed E-state index contributed by atoms with van der Waals surface area (Å²) in [5.41, 5.74) is 0.733. The van der Waals surface area contributed by atoms with Gasteiger partial charge in [0.1, 0.15) is 11.7 Å². The van der Waals surface area contributed by atoms with E-state index in [0.29, 0.717) is 43.4 Å². The largest absolute Gasteiger partial charge is 0.496 e. The van der Waals surface area contributed by atoms with E-state index < -0.39 is 11.9 Å². The minimum atomic E-state index is -1.10. The van der Waals surface area contributed by atoms with Gasteiger partial charge in [-0.15, -0.1) is 0 Å². The van der Waals surface area contributed by atoms with Crippen molar-refractivity contribution in [3.8, 4) is 17.2 Å². The molecule has 1 atom stereocenters. The van der Waals surface area contributed by atoms with Crippen molar-refractivity contribution in [2.45, 2.75) is 25.7 Å². The van der Waals surface area contributed by atoms with Crippen LogP contribution in [0.4, 0.5) is 0 Å². The van der Waals surface area contributed by atoms with Crippen LogP contribution < -0.4 is 4.74 Å². The Labute approximate surface area is 150 Å². The topological polar surface area (TPSA) is 106 Å². The Hall–Kier alpha value is -2.90. The zero-order chi connectivity index (χ0) is 18.7. The molecule has 1 amide bonds. The molecule has 8 nitrogen and oxygen atoms in total. The number of piperidine rings is 1. The zero-order valence-corrected chi connectivity index (χ0v) is 14.7. The number of amides is 1. The molecule has 26 heavy (non-hydrogen) atoms. The van der Waals surface area contributed by atoms with Gasteiger partial charge in [0.15, 0.2) is 5.82 Å². The minimum absolute atomic E-state index is 0.0754. The smallest absolute Gasteiger partial charge is 0.315 e. The van der Waals surface area contributed by atoms with Crippen LogP contribution in [0.3, 0.4) is 0 Å². The summed E-state index contributed by atoms with van der Waals surface area (Å²) in [6.07, 6.45) is 1.34. The molecule has 1 aliphatic heterocycles. The summed E-state index contributed by atoms with van der Waals surface area (Å²) in [6.45, 7) is 2.38. The van der Waals surface area contributed by atoms with E-state index in [4.69, 9.17) is 14.4 Å². The Morgan fingerprint density at radius 2 is 2.00 bits per heavy atom. The summed E-state index contributed by atoms with van der Waals surface area (Å²) in [6, 6.07) is 7.41. The molecule has 1 unspecified atom stereocenters. The fraction of sp³-hybridized carbons (Fsp3) is 0.444. The van der Waals surface area contributed by atoms with Gasteiger partial charge in [0.05, 0.1) is 12.7 Å². The molecule has 0 spiro atoms. The highest BCUT2D eigenvalue weighted by Crippen LogP contribution is 2.32. The lowest BCUT2D eigenvalue weighted by atomic mass is 9.95. The fourth-order valence-electron chi connectivity index (χ4n) is 3.07. The van der Waals surface area contributed by atoms with Gasteiger partial charge in [0.2, 0.25) is 5.91 Å². The maximum absolute atomic E-state index is 12.1. The second-order valence-corrected chi connectivity index (χ2v) is 6.32. The van der Waals surface area contributed by atoms with Crippen LogP contribution in [0.2, 0.25) is 0 Å². The van der Waals surface area contributed by atoms with Crippen LogP contribution in [0, 0.1) is 5.92 Å². The van der Waals surface area contributed by atoms with Crippen LogP contribution in [0.5, 0.6) is 5.75 Å². The molecule has 1 aliphatic rings. The summed E-state index contributed by atoms with van der Waals surface area (Å²) in [4.78, 5) is 29.2. The minimum Gasteiger partial charge on any atom is -0.496 e. The lowest BCUT2D eigenvalue weighted by Gasteiger charge is -2.31. The molecular formula is C18H21N3O5. The van der Waals surface area contributed by atoms with Crippen molar-refractivity contribution < 1.29 is 24.0 Å². The first-order valence-corrected chi connectivity index (χ1v) is 8.50. The molecule has 0 aliphatic carbocycles. The van der Waals surface area contributed by atoms with Crippen LogP contribution in [-0.2, 0) is 9.59 Å². The molecule has 138 valence electrons. The predicted molar refractivity (Wildman–Crippen MR) is 91.6 cm³/mol. The summed E-state index contributed by atoms with van der Waals surface area (Å²) < 4.78 is 10.7. The number of carboxylic acid groups (broad SMARTS) is 1. The quantitative estimate of drug-likeness (QED) is 0.816. The van der Waals surface area contributed by atoms with Gasteiger partial charge < -0.3 is 19.3 Å². The van der Waals surface area contributed by atoms with Crippen LogP contribution in [-0.4, -0.2) is 52.2 Å². The van der Waals surface area contributed by atoms with Crippen LogP contribution in [0.1, 0.15) is 31.5 Å². The average molecular weight is 359 g/mol. The van der Waals surface area contributed by atoms with Gasteiger partial charge in [-0.2, -0.15) is 4.98 Å². The second kappa shape index (κ2) is 7.55. The summed E-state index contributed by atoms with van der Waals surface area (Å²) in [5.74, 6) is -0.735. The van der Waals surface area contributed by atoms with E-state index in [-0.39, 0.29) is 11.8 Å². The lowest BCUT2D eigenvalue weighted by Crippen LogP contribution is -2.42. The number of aromatic nitrogens is 2. The fourth-order valence-corrected chi connectivity index (χ4v) is 3.07. The van der Waals surface area contributed by atoms with Crippen molar-refractivity contribution in [2.75, 3.05) is 20.2 Å². The Bertz CT molecular complexity index is 796. The maximum Gasteiger partial charge on any atom is 0.315 e. The van der Waals surface area contributed by atoms with Crippen LogP contribution >= 0.6 is 0 Å². The zero-order valence-electron chi connectivity index (χ0n) is 14.7. The second-order valence-electron chi connectivity index (χ2n) is 6.32. The number of aliphatic carboxylic acids is 1. The molecule has 1 aromatic heterocycles. The van der Waals surface area contributed by atoms with Crippen molar-refractivity contribution in [2.24, 2.45) is 5.92 Å². The SMILES string of the molecule is COc1ccccc1-c1nc(C2CCN(C(=O)C(C)C(=O)O)CC2)no1. The van der Waals surface area contributed by atoms with E-state index in [2.05, 4.69) is 10.1 Å². The number of benzene rings is 1. The number of carboxylic acids is 1. The number of methoxy groups -OCH3 is 1. The molecule has 1 fully saturated rings. The first kappa shape index (κ1) is 17.9. The number of ether oxygens (including phenoxy) is 1. The van der Waals surface area contributed by atoms with Gasteiger partial charge in [-0.3, -0.25) is 9.59 Å². The van der Waals surface area contributed by atoms with E-state index >= 15 is 0 Å². The third-order valence-corrected chi connectivity index (χ3v) is 4.69. The van der Waals surface area contributed by atoms with Gasteiger partial charge in [-0.25, -0.2) is 0 Å². The normalized spacial score (nSPS) is 16.3. The number of carbonyl (C=O) groups is 2. The van der Waals surface area contributed by atoms with Crippen LogP contribution in [0.25, 0.3) is 11.5 Å². The van der Waals surface area contributed by atoms with E-state index in [9.17, 15) is 9.59 Å². The monoisotopic (exact) mass is 359 g/mol.